The topological polar surface area (TPSA) is 301 Å². The summed E-state index contributed by atoms with van der Waals surface area (Å²) in [7, 11) is 2.52. The summed E-state index contributed by atoms with van der Waals surface area (Å²) in [4.78, 5) is 58.5. The third-order valence-electron chi connectivity index (χ3n) is 15.8. The lowest BCUT2D eigenvalue weighted by atomic mass is 9.91. The molecule has 4 aliphatic rings. The number of carbonyl (C=O) groups excluding carboxylic acids is 4. The van der Waals surface area contributed by atoms with Gasteiger partial charge in [-0.25, -0.2) is 26.9 Å². The third kappa shape index (κ3) is 14.0. The molecular weight excluding hydrogens is 1330 g/mol. The summed E-state index contributed by atoms with van der Waals surface area (Å²) in [5.41, 5.74) is 0.380. The number of ether oxygens (including phenoxy) is 4. The minimum Gasteiger partial charge on any atom is -0.394 e. The number of methoxy groups -OCH3 is 2. The molecule has 0 spiro atoms. The molecule has 0 unspecified atom stereocenters. The molecule has 6 aromatic rings. The molecule has 0 bridgehead atoms. The van der Waals surface area contributed by atoms with Gasteiger partial charge in [-0.1, -0.05) is 80.0 Å². The van der Waals surface area contributed by atoms with Gasteiger partial charge in [0.25, 0.3) is 11.8 Å². The quantitative estimate of drug-likeness (QED) is 0.0620. The Morgan fingerprint density at radius 1 is 0.544 bits per heavy atom. The standard InChI is InChI=1S/2C28H28Cl3F2N5O7/c2*1-12(40)36-9-20(21(41)10-36)38(16-6-14(29)5-15(30)7-16)28(43)27-26(44-2)24(25(42)22(11-39)45-27)37-8-19(34-35-37)13-3-17(32)23(31)18(33)4-13/h2*3-8,20-22,24-27,39,41-42H,9-11H2,1-2H3/t20-,21-,22+,24-,25-,26+,27+;20-,21-,22-,24+,25+,26-,27-/m01/s1. The van der Waals surface area contributed by atoms with Crippen LogP contribution in [0.25, 0.3) is 22.5 Å². The maximum absolute atomic E-state index is 14.5. The van der Waals surface area contributed by atoms with Crippen LogP contribution in [0.2, 0.25) is 30.1 Å². The average molecular weight is 1380 g/mol. The van der Waals surface area contributed by atoms with E-state index >= 15 is 0 Å². The molecule has 0 saturated carbocycles. The van der Waals surface area contributed by atoms with Crippen LogP contribution < -0.4 is 9.80 Å². The summed E-state index contributed by atoms with van der Waals surface area (Å²) in [6, 6.07) is 8.16. The number of carbonyl (C=O) groups is 4. The number of hydrogen-bond acceptors (Lipinski definition) is 18. The van der Waals surface area contributed by atoms with Crippen LogP contribution in [0, 0.1) is 23.3 Å². The molecule has 4 saturated heterocycles. The molecule has 4 aromatic carbocycles. The van der Waals surface area contributed by atoms with E-state index in [9.17, 15) is 67.4 Å². The first-order valence-corrected chi connectivity index (χ1v) is 29.5. The molecule has 34 heteroatoms. The van der Waals surface area contributed by atoms with Crippen molar-refractivity contribution in [2.75, 3.05) is 63.4 Å². The van der Waals surface area contributed by atoms with Crippen LogP contribution in [0.1, 0.15) is 25.9 Å². The molecule has 24 nitrogen and oxygen atoms in total. The largest absolute Gasteiger partial charge is 0.394 e. The highest BCUT2D eigenvalue weighted by atomic mass is 35.5. The van der Waals surface area contributed by atoms with Crippen molar-refractivity contribution in [1.82, 2.24) is 39.8 Å². The second kappa shape index (κ2) is 28.5. The molecule has 90 heavy (non-hydrogen) atoms. The monoisotopic (exact) mass is 1380 g/mol. The summed E-state index contributed by atoms with van der Waals surface area (Å²) in [5.74, 6) is -6.26. The predicted octanol–water partition coefficient (Wildman–Crippen LogP) is 4.97. The molecule has 0 radical (unpaired) electrons. The Hall–Kier alpha value is -5.90. The summed E-state index contributed by atoms with van der Waals surface area (Å²) < 4.78 is 82.1. The molecule has 0 aliphatic carbocycles. The minimum atomic E-state index is -1.53. The highest BCUT2D eigenvalue weighted by molar-refractivity contribution is 6.36. The molecular formula is C56H56Cl6F4N10O14. The van der Waals surface area contributed by atoms with E-state index in [1.165, 1.54) is 96.5 Å². The Morgan fingerprint density at radius 3 is 1.14 bits per heavy atom. The number of aliphatic hydroxyl groups excluding tert-OH is 6. The fraction of sp³-hybridized carbons (Fsp3) is 0.429. The maximum atomic E-state index is 14.5. The third-order valence-corrected chi connectivity index (χ3v) is 17.3. The lowest BCUT2D eigenvalue weighted by Gasteiger charge is -2.45. The summed E-state index contributed by atoms with van der Waals surface area (Å²) in [6.45, 7) is 1.05. The van der Waals surface area contributed by atoms with E-state index in [-0.39, 0.29) is 92.0 Å². The SMILES string of the molecule is CO[C@@H]1[C@@H](n2cc(-c3cc(F)c(Cl)c(F)c3)nn2)[C@@H](O)[C@@H](CO)O[C@H]1C(=O)N(c1cc(Cl)cc(Cl)c1)[C@@H]1CN(C(C)=O)C[C@H]1O.CO[C@@H]1[C@@H](n2cc(-c3cc(F)c(Cl)c(F)c3)nn2)[C@@H](O)[C@@H](CO)O[C@H]1C(=O)N(c1cc(Cl)cc(Cl)c1)[C@H]1CN(C(C)=O)C[C@@H]1O. The van der Waals surface area contributed by atoms with Crippen molar-refractivity contribution < 1.29 is 86.3 Å². The van der Waals surface area contributed by atoms with Gasteiger partial charge in [0.15, 0.2) is 12.2 Å². The maximum Gasteiger partial charge on any atom is 0.259 e. The molecule has 10 rings (SSSR count). The van der Waals surface area contributed by atoms with Gasteiger partial charge < -0.3 is 69.2 Å². The van der Waals surface area contributed by atoms with Crippen LogP contribution in [0.5, 0.6) is 0 Å². The molecule has 6 heterocycles. The van der Waals surface area contributed by atoms with Crippen molar-refractivity contribution in [2.24, 2.45) is 0 Å². The van der Waals surface area contributed by atoms with Crippen LogP contribution in [-0.4, -0.2) is 221 Å². The highest BCUT2D eigenvalue weighted by Crippen LogP contribution is 2.40. The summed E-state index contributed by atoms with van der Waals surface area (Å²) >= 11 is 36.3. The van der Waals surface area contributed by atoms with Gasteiger partial charge in [-0.15, -0.1) is 10.2 Å². The normalized spacial score (nSPS) is 26.7. The number of likely N-dealkylation sites (tertiary alicyclic amines) is 2. The number of amides is 4. The van der Waals surface area contributed by atoms with E-state index in [2.05, 4.69) is 20.6 Å². The molecule has 4 amide bonds. The molecule has 4 aliphatic heterocycles. The van der Waals surface area contributed by atoms with Gasteiger partial charge in [0, 0.05) is 96.8 Å². The van der Waals surface area contributed by atoms with E-state index in [4.69, 9.17) is 88.6 Å². The van der Waals surface area contributed by atoms with Crippen molar-refractivity contribution in [3.63, 3.8) is 0 Å². The van der Waals surface area contributed by atoms with Crippen LogP contribution in [0.15, 0.2) is 73.1 Å². The van der Waals surface area contributed by atoms with E-state index in [0.717, 1.165) is 33.6 Å². The summed E-state index contributed by atoms with van der Waals surface area (Å²) in [5, 5.41) is 80.0. The Kier molecular flexibility index (Phi) is 21.7. The molecule has 6 N–H and O–H groups in total. The first-order valence-electron chi connectivity index (χ1n) is 27.2. The number of β-amino-alcohol motifs (C(OH)–C–C–N with tert-alkyl or cyclic N) is 2. The molecule has 4 fully saturated rings. The molecule has 484 valence electrons. The van der Waals surface area contributed by atoms with Crippen molar-refractivity contribution >= 4 is 105 Å². The lowest BCUT2D eigenvalue weighted by molar-refractivity contribution is -0.211. The van der Waals surface area contributed by atoms with E-state index in [1.807, 2.05) is 0 Å². The van der Waals surface area contributed by atoms with Crippen LogP contribution in [-0.2, 0) is 38.1 Å². The number of nitrogens with zero attached hydrogens (tertiary/aromatic N) is 10. The van der Waals surface area contributed by atoms with Crippen LogP contribution in [0.3, 0.4) is 0 Å². The predicted molar refractivity (Wildman–Crippen MR) is 316 cm³/mol. The van der Waals surface area contributed by atoms with Gasteiger partial charge in [-0.2, -0.15) is 0 Å². The molecule has 2 aromatic heterocycles. The fourth-order valence-electron chi connectivity index (χ4n) is 11.4. The Labute approximate surface area is 539 Å². The molecule has 14 atom stereocenters. The number of aliphatic hydroxyl groups is 6. The number of rotatable bonds is 14. The van der Waals surface area contributed by atoms with Gasteiger partial charge >= 0.3 is 0 Å². The van der Waals surface area contributed by atoms with Crippen LogP contribution >= 0.6 is 69.6 Å². The fourth-order valence-corrected chi connectivity index (χ4v) is 12.6. The van der Waals surface area contributed by atoms with Gasteiger partial charge in [-0.05, 0) is 60.7 Å². The van der Waals surface area contributed by atoms with Gasteiger partial charge in [0.2, 0.25) is 11.8 Å². The number of halogens is 10. The second-order valence-corrected chi connectivity index (χ2v) is 23.9. The number of aromatic nitrogens is 6. The zero-order chi connectivity index (χ0) is 65.5. The zero-order valence-corrected chi connectivity index (χ0v) is 52.0. The Balaban J connectivity index is 0.000000213. The smallest absolute Gasteiger partial charge is 0.259 e. The van der Waals surface area contributed by atoms with Gasteiger partial charge in [0.05, 0.1) is 49.9 Å². The number of benzene rings is 4. The number of anilines is 2. The zero-order valence-electron chi connectivity index (χ0n) is 47.5. The first-order chi connectivity index (χ1) is 42.7. The Bertz CT molecular complexity index is 3340. The van der Waals surface area contributed by atoms with E-state index < -0.39 is 144 Å². The average Bonchev–Trinajstić information content (AvgIpc) is 1.91. The van der Waals surface area contributed by atoms with Crippen LogP contribution in [0.4, 0.5) is 28.9 Å². The minimum absolute atomic E-state index is 0.00300. The first kappa shape index (κ1) is 68.5. The van der Waals surface area contributed by atoms with Crippen molar-refractivity contribution in [3.05, 3.63) is 126 Å². The van der Waals surface area contributed by atoms with Gasteiger partial charge in [0.1, 0.15) is 93.4 Å². The second-order valence-electron chi connectivity index (χ2n) is 21.4. The van der Waals surface area contributed by atoms with Crippen molar-refractivity contribution in [1.29, 1.82) is 0 Å². The number of hydrogen-bond donors (Lipinski definition) is 6. The van der Waals surface area contributed by atoms with E-state index in [0.29, 0.717) is 0 Å². The highest BCUT2D eigenvalue weighted by Gasteiger charge is 2.55. The van der Waals surface area contributed by atoms with Crippen molar-refractivity contribution in [2.45, 2.75) is 99.1 Å². The van der Waals surface area contributed by atoms with Gasteiger partial charge in [-0.3, -0.25) is 19.2 Å². The van der Waals surface area contributed by atoms with E-state index in [1.54, 1.807) is 0 Å². The summed E-state index contributed by atoms with van der Waals surface area (Å²) in [6.07, 6.45) is -11.1. The lowest BCUT2D eigenvalue weighted by Crippen LogP contribution is -2.63. The Morgan fingerprint density at radius 2 is 0.867 bits per heavy atom. The van der Waals surface area contributed by atoms with Crippen molar-refractivity contribution in [3.8, 4) is 22.5 Å².